The van der Waals surface area contributed by atoms with Crippen LogP contribution in [0.5, 0.6) is 0 Å². The standard InChI is InChI=1S/C11H20N2S/c1-8(2)7-10-9(3)13-11(14-10)5-6-12-4/h8,12H,5-7H2,1-4H3. The smallest absolute Gasteiger partial charge is 0.0943 e. The largest absolute Gasteiger partial charge is 0.319 e. The molecule has 0 radical (unpaired) electrons. The summed E-state index contributed by atoms with van der Waals surface area (Å²) in [5.74, 6) is 0.728. The molecule has 2 nitrogen and oxygen atoms in total. The van der Waals surface area contributed by atoms with Gasteiger partial charge in [0.2, 0.25) is 0 Å². The van der Waals surface area contributed by atoms with Crippen molar-refractivity contribution in [1.29, 1.82) is 0 Å². The molecule has 0 aliphatic heterocycles. The van der Waals surface area contributed by atoms with E-state index in [4.69, 9.17) is 0 Å². The molecule has 0 aliphatic carbocycles. The molecule has 0 aliphatic rings. The minimum absolute atomic E-state index is 0.728. The van der Waals surface area contributed by atoms with Crippen molar-refractivity contribution < 1.29 is 0 Å². The van der Waals surface area contributed by atoms with Crippen LogP contribution < -0.4 is 5.32 Å². The summed E-state index contributed by atoms with van der Waals surface area (Å²) in [6.45, 7) is 7.66. The number of hydrogen-bond acceptors (Lipinski definition) is 3. The maximum absolute atomic E-state index is 4.58. The Kier molecular flexibility index (Phi) is 4.55. The summed E-state index contributed by atoms with van der Waals surface area (Å²) < 4.78 is 0. The Morgan fingerprint density at radius 1 is 1.43 bits per heavy atom. The number of likely N-dealkylation sites (N-methyl/N-ethyl adjacent to an activating group) is 1. The zero-order valence-electron chi connectivity index (χ0n) is 9.55. The number of aryl methyl sites for hydroxylation is 1. The van der Waals surface area contributed by atoms with Gasteiger partial charge in [0.1, 0.15) is 0 Å². The predicted octanol–water partition coefficient (Wildman–Crippen LogP) is 2.41. The van der Waals surface area contributed by atoms with Crippen LogP contribution in [-0.4, -0.2) is 18.6 Å². The van der Waals surface area contributed by atoms with Crippen LogP contribution in [0.25, 0.3) is 0 Å². The lowest BCUT2D eigenvalue weighted by molar-refractivity contribution is 0.651. The van der Waals surface area contributed by atoms with Gasteiger partial charge >= 0.3 is 0 Å². The van der Waals surface area contributed by atoms with Crippen molar-refractivity contribution in [2.24, 2.45) is 5.92 Å². The lowest BCUT2D eigenvalue weighted by Gasteiger charge is -2.00. The van der Waals surface area contributed by atoms with Crippen LogP contribution in [0.15, 0.2) is 0 Å². The lowest BCUT2D eigenvalue weighted by Crippen LogP contribution is -2.09. The molecule has 1 aromatic heterocycles. The van der Waals surface area contributed by atoms with E-state index in [9.17, 15) is 0 Å². The first-order chi connectivity index (χ1) is 6.63. The molecular formula is C11H20N2S. The summed E-state index contributed by atoms with van der Waals surface area (Å²) in [5, 5.41) is 4.42. The first-order valence-corrected chi connectivity index (χ1v) is 6.05. The van der Waals surface area contributed by atoms with Gasteiger partial charge in [-0.15, -0.1) is 11.3 Å². The van der Waals surface area contributed by atoms with Gasteiger partial charge in [0.05, 0.1) is 10.7 Å². The highest BCUT2D eigenvalue weighted by Crippen LogP contribution is 2.21. The summed E-state index contributed by atoms with van der Waals surface area (Å²) in [6.07, 6.45) is 2.23. The molecular weight excluding hydrogens is 192 g/mol. The third-order valence-electron chi connectivity index (χ3n) is 2.12. The Bertz CT molecular complexity index is 279. The molecule has 0 saturated carbocycles. The molecule has 0 unspecified atom stereocenters. The van der Waals surface area contributed by atoms with E-state index in [1.807, 2.05) is 18.4 Å². The van der Waals surface area contributed by atoms with Gasteiger partial charge < -0.3 is 5.32 Å². The van der Waals surface area contributed by atoms with Crippen LogP contribution >= 0.6 is 11.3 Å². The fraction of sp³-hybridized carbons (Fsp3) is 0.727. The minimum atomic E-state index is 0.728. The first kappa shape index (κ1) is 11.7. The third kappa shape index (κ3) is 3.39. The van der Waals surface area contributed by atoms with Crippen molar-refractivity contribution in [1.82, 2.24) is 10.3 Å². The average molecular weight is 212 g/mol. The third-order valence-corrected chi connectivity index (χ3v) is 3.36. The van der Waals surface area contributed by atoms with Gasteiger partial charge in [-0.25, -0.2) is 4.98 Å². The van der Waals surface area contributed by atoms with E-state index in [1.165, 1.54) is 22.0 Å². The second-order valence-corrected chi connectivity index (χ2v) is 5.24. The van der Waals surface area contributed by atoms with Crippen LogP contribution in [0.2, 0.25) is 0 Å². The summed E-state index contributed by atoms with van der Waals surface area (Å²) in [4.78, 5) is 6.04. The molecule has 1 rings (SSSR count). The van der Waals surface area contributed by atoms with Crippen molar-refractivity contribution in [2.45, 2.75) is 33.6 Å². The van der Waals surface area contributed by atoms with Crippen molar-refractivity contribution in [3.63, 3.8) is 0 Å². The fourth-order valence-corrected chi connectivity index (χ4v) is 2.67. The maximum Gasteiger partial charge on any atom is 0.0943 e. The summed E-state index contributed by atoms with van der Waals surface area (Å²) in [5.41, 5.74) is 1.23. The zero-order valence-corrected chi connectivity index (χ0v) is 10.4. The van der Waals surface area contributed by atoms with Gasteiger partial charge in [-0.3, -0.25) is 0 Å². The summed E-state index contributed by atoms with van der Waals surface area (Å²) in [7, 11) is 1.98. The number of thiazole rings is 1. The molecule has 0 spiro atoms. The molecule has 0 aromatic carbocycles. The predicted molar refractivity (Wildman–Crippen MR) is 63.0 cm³/mol. The monoisotopic (exact) mass is 212 g/mol. The van der Waals surface area contributed by atoms with Gasteiger partial charge in [-0.2, -0.15) is 0 Å². The van der Waals surface area contributed by atoms with Crippen LogP contribution in [-0.2, 0) is 12.8 Å². The second-order valence-electron chi connectivity index (χ2n) is 4.07. The molecule has 1 N–H and O–H groups in total. The molecule has 80 valence electrons. The van der Waals surface area contributed by atoms with E-state index in [0.29, 0.717) is 0 Å². The van der Waals surface area contributed by atoms with Crippen molar-refractivity contribution >= 4 is 11.3 Å². The molecule has 0 saturated heterocycles. The van der Waals surface area contributed by atoms with Crippen LogP contribution in [0.1, 0.15) is 29.4 Å². The SMILES string of the molecule is CNCCc1nc(C)c(CC(C)C)s1. The summed E-state index contributed by atoms with van der Waals surface area (Å²) >= 11 is 1.88. The highest BCUT2D eigenvalue weighted by atomic mass is 32.1. The number of nitrogens with one attached hydrogen (secondary N) is 1. The average Bonchev–Trinajstić information content (AvgIpc) is 2.43. The van der Waals surface area contributed by atoms with Gasteiger partial charge in [-0.1, -0.05) is 13.8 Å². The molecule has 14 heavy (non-hydrogen) atoms. The van der Waals surface area contributed by atoms with Gasteiger partial charge in [0.15, 0.2) is 0 Å². The van der Waals surface area contributed by atoms with Crippen LogP contribution in [0.4, 0.5) is 0 Å². The molecule has 0 fully saturated rings. The first-order valence-electron chi connectivity index (χ1n) is 5.23. The van der Waals surface area contributed by atoms with E-state index in [0.717, 1.165) is 18.9 Å². The van der Waals surface area contributed by atoms with Crippen LogP contribution in [0, 0.1) is 12.8 Å². The Hall–Kier alpha value is -0.410. The topological polar surface area (TPSA) is 24.9 Å². The van der Waals surface area contributed by atoms with E-state index in [-0.39, 0.29) is 0 Å². The molecule has 0 bridgehead atoms. The van der Waals surface area contributed by atoms with E-state index >= 15 is 0 Å². The number of rotatable bonds is 5. The lowest BCUT2D eigenvalue weighted by atomic mass is 10.1. The summed E-state index contributed by atoms with van der Waals surface area (Å²) in [6, 6.07) is 0. The zero-order chi connectivity index (χ0) is 10.6. The van der Waals surface area contributed by atoms with Crippen molar-refractivity contribution in [3.8, 4) is 0 Å². The fourth-order valence-electron chi connectivity index (χ4n) is 1.39. The molecule has 0 atom stereocenters. The number of hydrogen-bond donors (Lipinski definition) is 1. The normalized spacial score (nSPS) is 11.2. The molecule has 1 aromatic rings. The number of aromatic nitrogens is 1. The highest BCUT2D eigenvalue weighted by molar-refractivity contribution is 7.11. The van der Waals surface area contributed by atoms with Crippen molar-refractivity contribution in [3.05, 3.63) is 15.6 Å². The maximum atomic E-state index is 4.58. The van der Waals surface area contributed by atoms with E-state index < -0.39 is 0 Å². The second kappa shape index (κ2) is 5.47. The quantitative estimate of drug-likeness (QED) is 0.811. The Labute approximate surface area is 90.8 Å². The molecule has 3 heteroatoms. The van der Waals surface area contributed by atoms with E-state index in [2.05, 4.69) is 31.1 Å². The molecule has 0 amide bonds. The highest BCUT2D eigenvalue weighted by Gasteiger charge is 2.08. The van der Waals surface area contributed by atoms with Gasteiger partial charge in [-0.05, 0) is 26.3 Å². The Balaban J connectivity index is 2.62. The van der Waals surface area contributed by atoms with E-state index in [1.54, 1.807) is 0 Å². The van der Waals surface area contributed by atoms with Crippen LogP contribution in [0.3, 0.4) is 0 Å². The Morgan fingerprint density at radius 2 is 2.14 bits per heavy atom. The van der Waals surface area contributed by atoms with Gasteiger partial charge in [0, 0.05) is 17.8 Å². The molecule has 1 heterocycles. The van der Waals surface area contributed by atoms with Crippen molar-refractivity contribution in [2.75, 3.05) is 13.6 Å². The Morgan fingerprint density at radius 3 is 2.71 bits per heavy atom. The number of nitrogens with zero attached hydrogens (tertiary/aromatic N) is 1. The minimum Gasteiger partial charge on any atom is -0.319 e. The van der Waals surface area contributed by atoms with Gasteiger partial charge in [0.25, 0.3) is 0 Å².